The molecular weight excluding hydrogens is 276 g/mol. The first-order valence-electron chi connectivity index (χ1n) is 6.89. The zero-order chi connectivity index (χ0) is 13.5. The van der Waals surface area contributed by atoms with Crippen molar-refractivity contribution in [2.75, 3.05) is 20.3 Å². The molecule has 2 rings (SSSR count). The summed E-state index contributed by atoms with van der Waals surface area (Å²) in [5, 5.41) is 6.21. The van der Waals surface area contributed by atoms with Crippen molar-refractivity contribution in [3.63, 3.8) is 0 Å². The van der Waals surface area contributed by atoms with Gasteiger partial charge in [-0.25, -0.2) is 0 Å². The highest BCUT2D eigenvalue weighted by molar-refractivity contribution is 5.85. The maximum atomic E-state index is 12.2. The van der Waals surface area contributed by atoms with Crippen molar-refractivity contribution in [2.24, 2.45) is 0 Å². The van der Waals surface area contributed by atoms with Crippen LogP contribution in [0.25, 0.3) is 0 Å². The van der Waals surface area contributed by atoms with E-state index in [4.69, 9.17) is 4.74 Å². The summed E-state index contributed by atoms with van der Waals surface area (Å²) in [6, 6.07) is 10.2. The topological polar surface area (TPSA) is 50.4 Å². The molecule has 1 aromatic rings. The summed E-state index contributed by atoms with van der Waals surface area (Å²) in [7, 11) is 1.83. The Kier molecular flexibility index (Phi) is 7.59. The summed E-state index contributed by atoms with van der Waals surface area (Å²) in [5.41, 5.74) is 1.17. The van der Waals surface area contributed by atoms with Crippen LogP contribution in [-0.4, -0.2) is 38.3 Å². The van der Waals surface area contributed by atoms with E-state index in [2.05, 4.69) is 10.6 Å². The number of ether oxygens (including phenoxy) is 1. The SMILES string of the molecule is CNC(Cc1ccccc1)C(=O)NC1CCOCC1.Cl. The number of rotatable bonds is 5. The number of carbonyl (C=O) groups is 1. The Morgan fingerprint density at radius 3 is 2.55 bits per heavy atom. The van der Waals surface area contributed by atoms with Gasteiger partial charge in [0.05, 0.1) is 6.04 Å². The third kappa shape index (κ3) is 5.12. The molecule has 1 heterocycles. The van der Waals surface area contributed by atoms with E-state index < -0.39 is 0 Å². The number of nitrogens with one attached hydrogen (secondary N) is 2. The van der Waals surface area contributed by atoms with Crippen molar-refractivity contribution in [3.05, 3.63) is 35.9 Å². The van der Waals surface area contributed by atoms with E-state index >= 15 is 0 Å². The molecule has 0 spiro atoms. The lowest BCUT2D eigenvalue weighted by Gasteiger charge is -2.25. The van der Waals surface area contributed by atoms with Gasteiger partial charge in [-0.3, -0.25) is 4.79 Å². The van der Waals surface area contributed by atoms with E-state index in [0.717, 1.165) is 26.1 Å². The number of amides is 1. The lowest BCUT2D eigenvalue weighted by Crippen LogP contribution is -2.49. The average molecular weight is 299 g/mol. The van der Waals surface area contributed by atoms with Crippen LogP contribution >= 0.6 is 12.4 Å². The molecule has 0 bridgehead atoms. The fourth-order valence-electron chi connectivity index (χ4n) is 2.32. The molecular formula is C15H23ClN2O2. The second kappa shape index (κ2) is 8.95. The molecule has 0 aliphatic carbocycles. The van der Waals surface area contributed by atoms with Crippen molar-refractivity contribution in [2.45, 2.75) is 31.3 Å². The lowest BCUT2D eigenvalue weighted by atomic mass is 10.0. The standard InChI is InChI=1S/C15H22N2O2.ClH/c1-16-14(11-12-5-3-2-4-6-12)15(18)17-13-7-9-19-10-8-13;/h2-6,13-14,16H,7-11H2,1H3,(H,17,18);1H. The monoisotopic (exact) mass is 298 g/mol. The minimum atomic E-state index is -0.176. The first kappa shape index (κ1) is 17.0. The highest BCUT2D eigenvalue weighted by Gasteiger charge is 2.21. The lowest BCUT2D eigenvalue weighted by molar-refractivity contribution is -0.124. The van der Waals surface area contributed by atoms with Crippen LogP contribution in [0.3, 0.4) is 0 Å². The third-order valence-electron chi connectivity index (χ3n) is 3.52. The van der Waals surface area contributed by atoms with Crippen LogP contribution in [-0.2, 0) is 16.0 Å². The molecule has 2 N–H and O–H groups in total. The summed E-state index contributed by atoms with van der Waals surface area (Å²) in [4.78, 5) is 12.2. The van der Waals surface area contributed by atoms with Gasteiger partial charge in [-0.1, -0.05) is 30.3 Å². The molecule has 5 heteroatoms. The molecule has 1 fully saturated rings. The van der Waals surface area contributed by atoms with Gasteiger partial charge in [-0.05, 0) is 31.9 Å². The van der Waals surface area contributed by atoms with Gasteiger partial charge >= 0.3 is 0 Å². The summed E-state index contributed by atoms with van der Waals surface area (Å²) in [6.07, 6.45) is 2.54. The Balaban J connectivity index is 0.00000200. The maximum absolute atomic E-state index is 12.2. The number of hydrogen-bond acceptors (Lipinski definition) is 3. The van der Waals surface area contributed by atoms with Crippen molar-refractivity contribution in [1.82, 2.24) is 10.6 Å². The van der Waals surface area contributed by atoms with Crippen LogP contribution in [0.2, 0.25) is 0 Å². The van der Waals surface area contributed by atoms with Gasteiger partial charge in [-0.15, -0.1) is 12.4 Å². The smallest absolute Gasteiger partial charge is 0.237 e. The Bertz CT molecular complexity index is 394. The molecule has 1 amide bonds. The molecule has 20 heavy (non-hydrogen) atoms. The van der Waals surface area contributed by atoms with E-state index in [9.17, 15) is 4.79 Å². The summed E-state index contributed by atoms with van der Waals surface area (Å²) >= 11 is 0. The van der Waals surface area contributed by atoms with Gasteiger partial charge in [0.15, 0.2) is 0 Å². The van der Waals surface area contributed by atoms with Crippen LogP contribution in [0, 0.1) is 0 Å². The van der Waals surface area contributed by atoms with Crippen molar-refractivity contribution < 1.29 is 9.53 Å². The van der Waals surface area contributed by atoms with Crippen LogP contribution in [0.1, 0.15) is 18.4 Å². The van der Waals surface area contributed by atoms with Gasteiger partial charge in [0.2, 0.25) is 5.91 Å². The summed E-state index contributed by atoms with van der Waals surface area (Å²) in [5.74, 6) is 0.0817. The molecule has 0 aromatic heterocycles. The molecule has 0 saturated carbocycles. The predicted molar refractivity (Wildman–Crippen MR) is 82.2 cm³/mol. The molecule has 1 aromatic carbocycles. The predicted octanol–water partition coefficient (Wildman–Crippen LogP) is 1.53. The normalized spacial score (nSPS) is 17.1. The number of carbonyl (C=O) groups excluding carboxylic acids is 1. The van der Waals surface area contributed by atoms with Gasteiger partial charge in [-0.2, -0.15) is 0 Å². The molecule has 1 aliphatic rings. The molecule has 4 nitrogen and oxygen atoms in total. The molecule has 1 saturated heterocycles. The molecule has 1 aliphatic heterocycles. The maximum Gasteiger partial charge on any atom is 0.237 e. The summed E-state index contributed by atoms with van der Waals surface area (Å²) < 4.78 is 5.30. The third-order valence-corrected chi connectivity index (χ3v) is 3.52. The van der Waals surface area contributed by atoms with Gasteiger partial charge in [0.1, 0.15) is 0 Å². The molecule has 112 valence electrons. The van der Waals surface area contributed by atoms with Crippen LogP contribution in [0.4, 0.5) is 0 Å². The van der Waals surface area contributed by atoms with Crippen LogP contribution < -0.4 is 10.6 Å². The van der Waals surface area contributed by atoms with Crippen LogP contribution in [0.15, 0.2) is 30.3 Å². The van der Waals surface area contributed by atoms with Crippen molar-refractivity contribution >= 4 is 18.3 Å². The van der Waals surface area contributed by atoms with E-state index in [1.165, 1.54) is 5.56 Å². The summed E-state index contributed by atoms with van der Waals surface area (Å²) in [6.45, 7) is 1.49. The Morgan fingerprint density at radius 2 is 1.95 bits per heavy atom. The Morgan fingerprint density at radius 1 is 1.30 bits per heavy atom. The van der Waals surface area contributed by atoms with Crippen molar-refractivity contribution in [3.8, 4) is 0 Å². The van der Waals surface area contributed by atoms with E-state index in [0.29, 0.717) is 6.42 Å². The number of halogens is 1. The van der Waals surface area contributed by atoms with Crippen molar-refractivity contribution in [1.29, 1.82) is 0 Å². The minimum absolute atomic E-state index is 0. The fourth-order valence-corrected chi connectivity index (χ4v) is 2.32. The minimum Gasteiger partial charge on any atom is -0.381 e. The van der Waals surface area contributed by atoms with E-state index in [1.54, 1.807) is 0 Å². The van der Waals surface area contributed by atoms with Gasteiger partial charge in [0, 0.05) is 19.3 Å². The van der Waals surface area contributed by atoms with Crippen LogP contribution in [0.5, 0.6) is 0 Å². The quantitative estimate of drug-likeness (QED) is 0.867. The van der Waals surface area contributed by atoms with Gasteiger partial charge < -0.3 is 15.4 Å². The first-order valence-corrected chi connectivity index (χ1v) is 6.89. The van der Waals surface area contributed by atoms with Gasteiger partial charge in [0.25, 0.3) is 0 Å². The molecule has 0 radical (unpaired) electrons. The second-order valence-electron chi connectivity index (χ2n) is 4.93. The highest BCUT2D eigenvalue weighted by atomic mass is 35.5. The number of hydrogen-bond donors (Lipinski definition) is 2. The molecule has 1 unspecified atom stereocenters. The zero-order valence-corrected chi connectivity index (χ0v) is 12.6. The average Bonchev–Trinajstić information content (AvgIpc) is 2.47. The van der Waals surface area contributed by atoms with E-state index in [1.807, 2.05) is 37.4 Å². The zero-order valence-electron chi connectivity index (χ0n) is 11.8. The molecule has 1 atom stereocenters. The highest BCUT2D eigenvalue weighted by Crippen LogP contribution is 2.08. The number of benzene rings is 1. The second-order valence-corrected chi connectivity index (χ2v) is 4.93. The first-order chi connectivity index (χ1) is 9.29. The Labute approximate surface area is 126 Å². The van der Waals surface area contributed by atoms with E-state index in [-0.39, 0.29) is 30.4 Å². The fraction of sp³-hybridized carbons (Fsp3) is 0.533. The Hall–Kier alpha value is -1.10. The largest absolute Gasteiger partial charge is 0.381 e. The number of likely N-dealkylation sites (N-methyl/N-ethyl adjacent to an activating group) is 1.